The predicted molar refractivity (Wildman–Crippen MR) is 124 cm³/mol. The standard InChI is InChI=1S/C24H44NO6P/c1-2-3-4-5-6-7-8-9-10-11-15-19-28-21-22-29-23-24-31-32(26,27)30-20-18-25-16-13-12-14-17-25/h12-14,16-17H,2-11,15,18-24H2,1H3. The molecule has 0 aliphatic carbocycles. The van der Waals surface area contributed by atoms with Gasteiger partial charge in [0.15, 0.2) is 18.9 Å². The SMILES string of the molecule is CCCCCCCCCCCCCOCCOCCOP(=O)([O-])OCC[n+]1ccccc1. The number of nitrogens with zero attached hydrogens (tertiary/aromatic N) is 1. The Hall–Kier alpha value is -0.820. The molecule has 0 amide bonds. The highest BCUT2D eigenvalue weighted by Gasteiger charge is 2.10. The second-order valence-corrected chi connectivity index (χ2v) is 9.40. The first-order valence-electron chi connectivity index (χ1n) is 12.3. The van der Waals surface area contributed by atoms with Crippen molar-refractivity contribution in [3.05, 3.63) is 30.6 Å². The molecule has 0 saturated heterocycles. The van der Waals surface area contributed by atoms with Gasteiger partial charge in [0, 0.05) is 18.7 Å². The molecule has 0 spiro atoms. The quantitative estimate of drug-likeness (QED) is 0.129. The van der Waals surface area contributed by atoms with Gasteiger partial charge in [-0.3, -0.25) is 4.57 Å². The lowest BCUT2D eigenvalue weighted by molar-refractivity contribution is -0.697. The van der Waals surface area contributed by atoms with Crippen LogP contribution in [0.4, 0.5) is 0 Å². The monoisotopic (exact) mass is 473 g/mol. The second-order valence-electron chi connectivity index (χ2n) is 7.99. The van der Waals surface area contributed by atoms with Crippen molar-refractivity contribution in [3.8, 4) is 0 Å². The number of phosphoric ester groups is 1. The van der Waals surface area contributed by atoms with Crippen LogP contribution in [-0.4, -0.2) is 39.6 Å². The first kappa shape index (κ1) is 29.2. The molecule has 32 heavy (non-hydrogen) atoms. The number of rotatable bonds is 23. The minimum Gasteiger partial charge on any atom is -0.756 e. The predicted octanol–water partition coefficient (Wildman–Crippen LogP) is 4.82. The summed E-state index contributed by atoms with van der Waals surface area (Å²) in [6.07, 6.45) is 18.2. The maximum atomic E-state index is 11.7. The van der Waals surface area contributed by atoms with Gasteiger partial charge >= 0.3 is 0 Å². The van der Waals surface area contributed by atoms with Crippen LogP contribution >= 0.6 is 7.82 Å². The third kappa shape index (κ3) is 18.7. The molecule has 0 aliphatic heterocycles. The lowest BCUT2D eigenvalue weighted by Gasteiger charge is -2.21. The number of phosphoric acid groups is 1. The number of pyridine rings is 1. The highest BCUT2D eigenvalue weighted by molar-refractivity contribution is 7.45. The average molecular weight is 474 g/mol. The first-order valence-corrected chi connectivity index (χ1v) is 13.8. The van der Waals surface area contributed by atoms with Crippen LogP contribution in [0.25, 0.3) is 0 Å². The van der Waals surface area contributed by atoms with E-state index in [9.17, 15) is 9.46 Å². The molecule has 0 saturated carbocycles. The number of hydrogen-bond acceptors (Lipinski definition) is 6. The molecular formula is C24H44NO6P. The summed E-state index contributed by atoms with van der Waals surface area (Å²) in [6.45, 7) is 4.54. The van der Waals surface area contributed by atoms with Gasteiger partial charge in [-0.15, -0.1) is 0 Å². The number of aromatic nitrogens is 1. The smallest absolute Gasteiger partial charge is 0.268 e. The van der Waals surface area contributed by atoms with Crippen LogP contribution in [0.15, 0.2) is 30.6 Å². The fourth-order valence-corrected chi connectivity index (χ4v) is 3.95. The van der Waals surface area contributed by atoms with Gasteiger partial charge in [0.1, 0.15) is 6.61 Å². The molecule has 7 nitrogen and oxygen atoms in total. The van der Waals surface area contributed by atoms with E-state index in [2.05, 4.69) is 6.92 Å². The molecular weight excluding hydrogens is 429 g/mol. The zero-order valence-corrected chi connectivity index (χ0v) is 20.9. The maximum Gasteiger partial charge on any atom is 0.268 e. The normalized spacial score (nSPS) is 13.3. The summed E-state index contributed by atoms with van der Waals surface area (Å²) in [5.41, 5.74) is 0. The molecule has 0 bridgehead atoms. The van der Waals surface area contributed by atoms with Gasteiger partial charge in [0.25, 0.3) is 7.82 Å². The van der Waals surface area contributed by atoms with Gasteiger partial charge in [-0.25, -0.2) is 4.57 Å². The molecule has 0 aromatic carbocycles. The Morgan fingerprint density at radius 3 is 1.78 bits per heavy atom. The van der Waals surface area contributed by atoms with Crippen LogP contribution in [0.3, 0.4) is 0 Å². The Bertz CT molecular complexity index is 575. The topological polar surface area (TPSA) is 80.9 Å². The van der Waals surface area contributed by atoms with Crippen molar-refractivity contribution in [2.24, 2.45) is 0 Å². The molecule has 1 unspecified atom stereocenters. The molecule has 1 atom stereocenters. The highest BCUT2D eigenvalue weighted by Crippen LogP contribution is 2.37. The largest absolute Gasteiger partial charge is 0.756 e. The van der Waals surface area contributed by atoms with E-state index in [4.69, 9.17) is 18.5 Å². The Balaban J connectivity index is 1.79. The lowest BCUT2D eigenvalue weighted by Crippen LogP contribution is -2.34. The summed E-state index contributed by atoms with van der Waals surface area (Å²) >= 11 is 0. The van der Waals surface area contributed by atoms with Crippen LogP contribution in [-0.2, 0) is 29.6 Å². The zero-order chi connectivity index (χ0) is 23.2. The van der Waals surface area contributed by atoms with E-state index in [0.29, 0.717) is 19.8 Å². The summed E-state index contributed by atoms with van der Waals surface area (Å²) in [4.78, 5) is 11.7. The Kier molecular flexibility index (Phi) is 19.0. The minimum atomic E-state index is -4.30. The van der Waals surface area contributed by atoms with Gasteiger partial charge in [0.2, 0.25) is 0 Å². The molecule has 1 rings (SSSR count). The molecule has 0 fully saturated rings. The fraction of sp³-hybridized carbons (Fsp3) is 0.792. The summed E-state index contributed by atoms with van der Waals surface area (Å²) in [7, 11) is -4.30. The van der Waals surface area contributed by atoms with Crippen LogP contribution in [0, 0.1) is 0 Å². The van der Waals surface area contributed by atoms with E-state index in [0.717, 1.165) is 13.0 Å². The van der Waals surface area contributed by atoms with Crippen LogP contribution < -0.4 is 9.46 Å². The van der Waals surface area contributed by atoms with E-state index >= 15 is 0 Å². The molecule has 1 heterocycles. The highest BCUT2D eigenvalue weighted by atomic mass is 31.2. The molecule has 0 N–H and O–H groups in total. The van der Waals surface area contributed by atoms with E-state index in [1.807, 2.05) is 35.2 Å². The van der Waals surface area contributed by atoms with Gasteiger partial charge in [-0.2, -0.15) is 0 Å². The van der Waals surface area contributed by atoms with Crippen molar-refractivity contribution in [2.75, 3.05) is 39.6 Å². The first-order chi connectivity index (χ1) is 15.6. The van der Waals surface area contributed by atoms with E-state index in [-0.39, 0.29) is 19.8 Å². The molecule has 1 aromatic heterocycles. The van der Waals surface area contributed by atoms with Gasteiger partial charge in [-0.1, -0.05) is 77.2 Å². The molecule has 1 aromatic rings. The van der Waals surface area contributed by atoms with Crippen molar-refractivity contribution in [3.63, 3.8) is 0 Å². The zero-order valence-electron chi connectivity index (χ0n) is 20.0. The van der Waals surface area contributed by atoms with Crippen molar-refractivity contribution in [2.45, 2.75) is 84.1 Å². The minimum absolute atomic E-state index is 0.0310. The van der Waals surface area contributed by atoms with Gasteiger partial charge in [-0.05, 0) is 6.42 Å². The van der Waals surface area contributed by atoms with Crippen LogP contribution in [0.2, 0.25) is 0 Å². The Morgan fingerprint density at radius 2 is 1.16 bits per heavy atom. The van der Waals surface area contributed by atoms with Gasteiger partial charge < -0.3 is 23.4 Å². The van der Waals surface area contributed by atoms with Crippen molar-refractivity contribution in [1.29, 1.82) is 0 Å². The Labute approximate surface area is 195 Å². The third-order valence-electron chi connectivity index (χ3n) is 5.12. The summed E-state index contributed by atoms with van der Waals surface area (Å²) in [6, 6.07) is 5.63. The number of ether oxygens (including phenoxy) is 2. The third-order valence-corrected chi connectivity index (χ3v) is 6.12. The second kappa shape index (κ2) is 20.8. The van der Waals surface area contributed by atoms with Crippen LogP contribution in [0.1, 0.15) is 77.6 Å². The molecule has 8 heteroatoms. The molecule has 0 radical (unpaired) electrons. The summed E-state index contributed by atoms with van der Waals surface area (Å²) < 4.78 is 34.0. The fourth-order valence-electron chi connectivity index (χ4n) is 3.28. The summed E-state index contributed by atoms with van der Waals surface area (Å²) in [5, 5.41) is 0. The van der Waals surface area contributed by atoms with Gasteiger partial charge in [0.05, 0.1) is 26.4 Å². The van der Waals surface area contributed by atoms with Crippen molar-refractivity contribution >= 4 is 7.82 Å². The lowest BCUT2D eigenvalue weighted by atomic mass is 10.1. The van der Waals surface area contributed by atoms with Crippen LogP contribution in [0.5, 0.6) is 0 Å². The van der Waals surface area contributed by atoms with E-state index in [1.54, 1.807) is 0 Å². The van der Waals surface area contributed by atoms with Crippen molar-refractivity contribution in [1.82, 2.24) is 0 Å². The molecule has 0 aliphatic rings. The number of hydrogen-bond donors (Lipinski definition) is 0. The van der Waals surface area contributed by atoms with E-state index in [1.165, 1.54) is 64.2 Å². The van der Waals surface area contributed by atoms with Crippen molar-refractivity contribution < 1.29 is 32.5 Å². The maximum absolute atomic E-state index is 11.7. The molecule has 186 valence electrons. The Morgan fingerprint density at radius 1 is 0.656 bits per heavy atom. The number of unbranched alkanes of at least 4 members (excludes halogenated alkanes) is 10. The summed E-state index contributed by atoms with van der Waals surface area (Å²) in [5.74, 6) is 0. The average Bonchev–Trinajstić information content (AvgIpc) is 2.79. The van der Waals surface area contributed by atoms with E-state index < -0.39 is 7.82 Å².